The molecule has 0 unspecified atom stereocenters. The Morgan fingerprint density at radius 2 is 2.21 bits per heavy atom. The fourth-order valence-corrected chi connectivity index (χ4v) is 2.55. The van der Waals surface area contributed by atoms with Gasteiger partial charge in [-0.1, -0.05) is 0 Å². The van der Waals surface area contributed by atoms with Crippen molar-refractivity contribution >= 4 is 23.1 Å². The highest BCUT2D eigenvalue weighted by molar-refractivity contribution is 7.17. The maximum atomic E-state index is 11.8. The first-order chi connectivity index (χ1) is 9.04. The van der Waals surface area contributed by atoms with E-state index in [-0.39, 0.29) is 18.1 Å². The Kier molecular flexibility index (Phi) is 3.75. The number of ketones is 1. The molecule has 19 heavy (non-hydrogen) atoms. The van der Waals surface area contributed by atoms with Gasteiger partial charge in [-0.25, -0.2) is 14.8 Å². The summed E-state index contributed by atoms with van der Waals surface area (Å²) >= 11 is 1.15. The van der Waals surface area contributed by atoms with Crippen molar-refractivity contribution in [2.45, 2.75) is 13.8 Å². The molecule has 0 bridgehead atoms. The van der Waals surface area contributed by atoms with Gasteiger partial charge in [0.1, 0.15) is 4.88 Å². The molecule has 2 aromatic rings. The lowest BCUT2D eigenvalue weighted by Gasteiger charge is -1.98. The number of aromatic nitrogens is 3. The second-order valence-electron chi connectivity index (χ2n) is 3.84. The van der Waals surface area contributed by atoms with E-state index in [9.17, 15) is 9.59 Å². The topological polar surface area (TPSA) is 74.1 Å². The molecule has 0 amide bonds. The summed E-state index contributed by atoms with van der Waals surface area (Å²) in [7, 11) is 1.82. The van der Waals surface area contributed by atoms with Gasteiger partial charge in [-0.15, -0.1) is 11.3 Å². The van der Waals surface area contributed by atoms with E-state index in [2.05, 4.69) is 9.97 Å². The summed E-state index contributed by atoms with van der Waals surface area (Å²) in [5, 5.41) is 0.528. The largest absolute Gasteiger partial charge is 0.461 e. The van der Waals surface area contributed by atoms with Crippen molar-refractivity contribution in [3.05, 3.63) is 23.0 Å². The second kappa shape index (κ2) is 5.31. The third-order valence-corrected chi connectivity index (χ3v) is 3.58. The van der Waals surface area contributed by atoms with E-state index in [0.29, 0.717) is 15.7 Å². The molecule has 100 valence electrons. The molecule has 7 heteroatoms. The number of carbonyl (C=O) groups excluding carboxylic acids is 2. The van der Waals surface area contributed by atoms with Gasteiger partial charge >= 0.3 is 5.97 Å². The molecule has 2 aromatic heterocycles. The van der Waals surface area contributed by atoms with Crippen LogP contribution >= 0.6 is 11.3 Å². The highest BCUT2D eigenvalue weighted by atomic mass is 32.1. The Bertz CT molecular complexity index is 630. The number of aryl methyl sites for hydroxylation is 1. The maximum Gasteiger partial charge on any atom is 0.358 e. The molecular formula is C12H13N3O3S. The summed E-state index contributed by atoms with van der Waals surface area (Å²) in [6.45, 7) is 3.35. The van der Waals surface area contributed by atoms with Crippen molar-refractivity contribution in [3.8, 4) is 10.8 Å². The van der Waals surface area contributed by atoms with Crippen molar-refractivity contribution in [2.24, 2.45) is 7.05 Å². The van der Waals surface area contributed by atoms with Crippen molar-refractivity contribution in [3.63, 3.8) is 0 Å². The van der Waals surface area contributed by atoms with Crippen LogP contribution in [0.1, 0.15) is 34.0 Å². The minimum absolute atomic E-state index is 0.0670. The van der Waals surface area contributed by atoms with E-state index in [1.54, 1.807) is 23.9 Å². The molecule has 2 rings (SSSR count). The number of esters is 1. The van der Waals surface area contributed by atoms with Crippen LogP contribution in [0.4, 0.5) is 0 Å². The normalized spacial score (nSPS) is 10.5. The monoisotopic (exact) mass is 279 g/mol. The summed E-state index contributed by atoms with van der Waals surface area (Å²) in [5.41, 5.74) is 0.0670. The predicted molar refractivity (Wildman–Crippen MR) is 70.3 cm³/mol. The van der Waals surface area contributed by atoms with Crippen LogP contribution in [0.15, 0.2) is 12.4 Å². The third kappa shape index (κ3) is 2.55. The number of Topliss-reactive ketones (excluding diaryl/α,β-unsaturated/α-hetero) is 1. The number of thiazole rings is 1. The first-order valence-corrected chi connectivity index (χ1v) is 6.52. The number of carbonyl (C=O) groups is 2. The number of nitrogens with zero attached hydrogens (tertiary/aromatic N) is 3. The molecule has 0 saturated carbocycles. The lowest BCUT2D eigenvalue weighted by Crippen LogP contribution is -2.09. The average molecular weight is 279 g/mol. The molecule has 0 radical (unpaired) electrons. The van der Waals surface area contributed by atoms with Gasteiger partial charge in [0, 0.05) is 26.4 Å². The average Bonchev–Trinajstić information content (AvgIpc) is 2.94. The summed E-state index contributed by atoms with van der Waals surface area (Å²) in [6, 6.07) is 0. The molecule has 0 spiro atoms. The second-order valence-corrected chi connectivity index (χ2v) is 4.83. The Morgan fingerprint density at radius 3 is 2.74 bits per heavy atom. The Hall–Kier alpha value is -2.02. The lowest BCUT2D eigenvalue weighted by atomic mass is 10.3. The van der Waals surface area contributed by atoms with Gasteiger partial charge < -0.3 is 9.30 Å². The van der Waals surface area contributed by atoms with E-state index < -0.39 is 5.97 Å². The van der Waals surface area contributed by atoms with Crippen LogP contribution in [0.25, 0.3) is 10.8 Å². The van der Waals surface area contributed by atoms with Crippen LogP contribution < -0.4 is 0 Å². The Labute approximate surface area is 114 Å². The van der Waals surface area contributed by atoms with Gasteiger partial charge in [-0.2, -0.15) is 0 Å². The van der Waals surface area contributed by atoms with Crippen LogP contribution in [-0.4, -0.2) is 32.9 Å². The predicted octanol–water partition coefficient (Wildman–Crippen LogP) is 1.92. The molecule has 2 heterocycles. The SMILES string of the molecule is CCOC(=O)c1nc(-c2nccn2C)sc1C(C)=O. The number of ether oxygens (including phenoxy) is 1. The zero-order valence-corrected chi connectivity index (χ0v) is 11.7. The number of rotatable bonds is 4. The molecule has 0 aliphatic rings. The maximum absolute atomic E-state index is 11.8. The van der Waals surface area contributed by atoms with Gasteiger partial charge in [0.15, 0.2) is 22.3 Å². The first-order valence-electron chi connectivity index (χ1n) is 5.71. The van der Waals surface area contributed by atoms with Gasteiger partial charge in [-0.05, 0) is 6.92 Å². The summed E-state index contributed by atoms with van der Waals surface area (Å²) in [5.74, 6) is -0.173. The zero-order chi connectivity index (χ0) is 14.0. The molecule has 0 atom stereocenters. The van der Waals surface area contributed by atoms with Crippen LogP contribution in [0, 0.1) is 0 Å². The van der Waals surface area contributed by atoms with Crippen LogP contribution in [0.3, 0.4) is 0 Å². The van der Waals surface area contributed by atoms with Crippen molar-refractivity contribution in [1.29, 1.82) is 0 Å². The van der Waals surface area contributed by atoms with Gasteiger partial charge in [0.25, 0.3) is 0 Å². The first kappa shape index (κ1) is 13.4. The lowest BCUT2D eigenvalue weighted by molar-refractivity contribution is 0.0517. The molecular weight excluding hydrogens is 266 g/mol. The molecule has 0 aromatic carbocycles. The number of hydrogen-bond donors (Lipinski definition) is 0. The number of hydrogen-bond acceptors (Lipinski definition) is 6. The van der Waals surface area contributed by atoms with Gasteiger partial charge in [0.05, 0.1) is 6.61 Å². The van der Waals surface area contributed by atoms with E-state index >= 15 is 0 Å². The fourth-order valence-electron chi connectivity index (χ4n) is 1.56. The zero-order valence-electron chi connectivity index (χ0n) is 10.8. The van der Waals surface area contributed by atoms with Crippen LogP contribution in [0.5, 0.6) is 0 Å². The van der Waals surface area contributed by atoms with E-state index in [4.69, 9.17) is 4.74 Å². The van der Waals surface area contributed by atoms with Gasteiger partial charge in [-0.3, -0.25) is 4.79 Å². The van der Waals surface area contributed by atoms with Crippen LogP contribution in [0.2, 0.25) is 0 Å². The third-order valence-electron chi connectivity index (χ3n) is 2.43. The minimum Gasteiger partial charge on any atom is -0.461 e. The summed E-state index contributed by atoms with van der Waals surface area (Å²) < 4.78 is 6.68. The fraction of sp³-hybridized carbons (Fsp3) is 0.333. The Morgan fingerprint density at radius 1 is 1.47 bits per heavy atom. The van der Waals surface area contributed by atoms with Crippen molar-refractivity contribution in [1.82, 2.24) is 14.5 Å². The summed E-state index contributed by atoms with van der Waals surface area (Å²) in [4.78, 5) is 32.0. The van der Waals surface area contributed by atoms with Crippen molar-refractivity contribution < 1.29 is 14.3 Å². The van der Waals surface area contributed by atoms with E-state index in [1.807, 2.05) is 7.05 Å². The van der Waals surface area contributed by atoms with E-state index in [0.717, 1.165) is 11.3 Å². The Balaban J connectivity index is 2.49. The molecule has 6 nitrogen and oxygen atoms in total. The molecule has 0 fully saturated rings. The molecule has 0 aliphatic carbocycles. The molecule has 0 N–H and O–H groups in total. The number of imidazole rings is 1. The molecule has 0 aliphatic heterocycles. The highest BCUT2D eigenvalue weighted by Gasteiger charge is 2.23. The molecule has 0 saturated heterocycles. The van der Waals surface area contributed by atoms with E-state index in [1.165, 1.54) is 6.92 Å². The van der Waals surface area contributed by atoms with Crippen molar-refractivity contribution in [2.75, 3.05) is 6.61 Å². The standard InChI is InChI=1S/C12H13N3O3S/c1-4-18-12(17)8-9(7(2)16)19-11(14-8)10-13-5-6-15(10)3/h5-6H,4H2,1-3H3. The minimum atomic E-state index is -0.579. The van der Waals surface area contributed by atoms with Gasteiger partial charge in [0.2, 0.25) is 0 Å². The quantitative estimate of drug-likeness (QED) is 0.631. The highest BCUT2D eigenvalue weighted by Crippen LogP contribution is 2.27. The summed E-state index contributed by atoms with van der Waals surface area (Å²) in [6.07, 6.45) is 3.41. The smallest absolute Gasteiger partial charge is 0.358 e. The van der Waals surface area contributed by atoms with Crippen LogP contribution in [-0.2, 0) is 11.8 Å².